The molecule has 0 aromatic heterocycles. The van der Waals surface area contributed by atoms with E-state index in [0.717, 1.165) is 15.8 Å². The van der Waals surface area contributed by atoms with E-state index in [1.807, 2.05) is 39.0 Å². The molecule has 1 aromatic rings. The van der Waals surface area contributed by atoms with Crippen LogP contribution in [0.1, 0.15) is 32.4 Å². The van der Waals surface area contributed by atoms with Gasteiger partial charge >= 0.3 is 0 Å². The van der Waals surface area contributed by atoms with Gasteiger partial charge in [0.2, 0.25) is 5.91 Å². The zero-order valence-corrected chi connectivity index (χ0v) is 13.9. The molecule has 0 bridgehead atoms. The first-order chi connectivity index (χ1) is 9.93. The largest absolute Gasteiger partial charge is 0.490 e. The molecule has 7 heteroatoms. The second-order valence-corrected chi connectivity index (χ2v) is 6.30. The van der Waals surface area contributed by atoms with Gasteiger partial charge in [-0.15, -0.1) is 0 Å². The molecule has 0 aliphatic carbocycles. The molecule has 1 heterocycles. The van der Waals surface area contributed by atoms with Gasteiger partial charge in [-0.05, 0) is 54.4 Å². The van der Waals surface area contributed by atoms with Gasteiger partial charge in [0.15, 0.2) is 0 Å². The Morgan fingerprint density at radius 1 is 1.43 bits per heavy atom. The summed E-state index contributed by atoms with van der Waals surface area (Å²) in [7, 11) is 0. The van der Waals surface area contributed by atoms with E-state index in [1.54, 1.807) is 0 Å². The Kier molecular flexibility index (Phi) is 5.21. The first-order valence-electron chi connectivity index (χ1n) is 6.91. The number of nitrogens with two attached hydrogens (primary N) is 1. The molecule has 1 aliphatic rings. The number of benzene rings is 1. The Morgan fingerprint density at radius 2 is 2.14 bits per heavy atom. The summed E-state index contributed by atoms with van der Waals surface area (Å²) in [5.41, 5.74) is 9.46. The maximum Gasteiger partial charge on any atom is 0.240 e. The van der Waals surface area contributed by atoms with Gasteiger partial charge in [-0.2, -0.15) is 0 Å². The molecule has 1 aromatic carbocycles. The summed E-state index contributed by atoms with van der Waals surface area (Å²) >= 11 is 3.51. The number of hydrogen-bond acceptors (Lipinski definition) is 5. The standard InChI is InChI=1S/C14H21BrN4O2/c1-7(2)21-11-5-4-9(6-10(11)15)13-12(14(20)17-16)8(3)18-19-13/h4-8,12-13,18-19H,16H2,1-3H3,(H,17,20). The van der Waals surface area contributed by atoms with Crippen molar-refractivity contribution in [2.45, 2.75) is 39.0 Å². The highest BCUT2D eigenvalue weighted by atomic mass is 79.9. The lowest BCUT2D eigenvalue weighted by molar-refractivity contribution is -0.125. The van der Waals surface area contributed by atoms with Crippen LogP contribution in [0.2, 0.25) is 0 Å². The first-order valence-corrected chi connectivity index (χ1v) is 7.71. The third-order valence-electron chi connectivity index (χ3n) is 3.49. The lowest BCUT2D eigenvalue weighted by Gasteiger charge is -2.20. The Bertz CT molecular complexity index is 524. The van der Waals surface area contributed by atoms with Gasteiger partial charge in [0.1, 0.15) is 5.75 Å². The predicted octanol–water partition coefficient (Wildman–Crippen LogP) is 1.38. The van der Waals surface area contributed by atoms with E-state index in [-0.39, 0.29) is 30.0 Å². The van der Waals surface area contributed by atoms with E-state index in [0.29, 0.717) is 0 Å². The summed E-state index contributed by atoms with van der Waals surface area (Å²) in [4.78, 5) is 12.0. The van der Waals surface area contributed by atoms with Gasteiger partial charge in [0, 0.05) is 6.04 Å². The second kappa shape index (κ2) is 6.74. The number of halogens is 1. The molecule has 3 atom stereocenters. The summed E-state index contributed by atoms with van der Waals surface area (Å²) in [6.45, 7) is 5.90. The average molecular weight is 357 g/mol. The van der Waals surface area contributed by atoms with Gasteiger partial charge in [-0.3, -0.25) is 15.6 Å². The normalized spacial score (nSPS) is 25.1. The molecule has 6 nitrogen and oxygen atoms in total. The molecule has 3 unspecified atom stereocenters. The first kappa shape index (κ1) is 16.2. The summed E-state index contributed by atoms with van der Waals surface area (Å²) in [5.74, 6) is 5.59. The number of carbonyl (C=O) groups is 1. The summed E-state index contributed by atoms with van der Waals surface area (Å²) < 4.78 is 6.56. The van der Waals surface area contributed by atoms with Crippen LogP contribution in [0.4, 0.5) is 0 Å². The molecular weight excluding hydrogens is 336 g/mol. The van der Waals surface area contributed by atoms with Gasteiger partial charge in [-0.25, -0.2) is 11.3 Å². The monoisotopic (exact) mass is 356 g/mol. The molecule has 1 fully saturated rings. The van der Waals surface area contributed by atoms with E-state index in [1.165, 1.54) is 0 Å². The van der Waals surface area contributed by atoms with Crippen LogP contribution in [0.5, 0.6) is 5.75 Å². The van der Waals surface area contributed by atoms with Crippen molar-refractivity contribution in [3.63, 3.8) is 0 Å². The van der Waals surface area contributed by atoms with Gasteiger partial charge in [0.25, 0.3) is 0 Å². The summed E-state index contributed by atoms with van der Waals surface area (Å²) in [5, 5.41) is 0. The fourth-order valence-corrected chi connectivity index (χ4v) is 3.00. The molecule has 2 rings (SSSR count). The topological polar surface area (TPSA) is 88.4 Å². The minimum atomic E-state index is -0.279. The summed E-state index contributed by atoms with van der Waals surface area (Å²) in [6.07, 6.45) is 0.106. The van der Waals surface area contributed by atoms with E-state index in [2.05, 4.69) is 32.2 Å². The number of hydrazine groups is 2. The Balaban J connectivity index is 2.25. The highest BCUT2D eigenvalue weighted by molar-refractivity contribution is 9.10. The molecule has 0 saturated carbocycles. The lowest BCUT2D eigenvalue weighted by atomic mass is 9.89. The maximum absolute atomic E-state index is 12.0. The van der Waals surface area contributed by atoms with Crippen LogP contribution < -0.4 is 26.9 Å². The Morgan fingerprint density at radius 3 is 2.71 bits per heavy atom. The highest BCUT2D eigenvalue weighted by Crippen LogP contribution is 2.34. The van der Waals surface area contributed by atoms with Crippen LogP contribution >= 0.6 is 15.9 Å². The van der Waals surface area contributed by atoms with Crippen molar-refractivity contribution < 1.29 is 9.53 Å². The van der Waals surface area contributed by atoms with Crippen molar-refractivity contribution in [1.82, 2.24) is 16.3 Å². The molecule has 21 heavy (non-hydrogen) atoms. The average Bonchev–Trinajstić information content (AvgIpc) is 2.81. The third kappa shape index (κ3) is 3.55. The van der Waals surface area contributed by atoms with Crippen molar-refractivity contribution >= 4 is 21.8 Å². The number of amides is 1. The van der Waals surface area contributed by atoms with Gasteiger partial charge < -0.3 is 4.74 Å². The molecule has 116 valence electrons. The van der Waals surface area contributed by atoms with Crippen LogP contribution in [-0.2, 0) is 4.79 Å². The van der Waals surface area contributed by atoms with Crippen molar-refractivity contribution in [2.75, 3.05) is 0 Å². The molecular formula is C14H21BrN4O2. The zero-order valence-electron chi connectivity index (χ0n) is 12.3. The van der Waals surface area contributed by atoms with Crippen LogP contribution in [0.3, 0.4) is 0 Å². The quantitative estimate of drug-likeness (QED) is 0.372. The minimum Gasteiger partial charge on any atom is -0.490 e. The number of nitrogens with one attached hydrogen (secondary N) is 3. The molecule has 0 spiro atoms. The number of rotatable bonds is 4. The van der Waals surface area contributed by atoms with Crippen molar-refractivity contribution in [3.05, 3.63) is 28.2 Å². The highest BCUT2D eigenvalue weighted by Gasteiger charge is 2.39. The minimum absolute atomic E-state index is 0.0103. The van der Waals surface area contributed by atoms with Crippen molar-refractivity contribution in [3.8, 4) is 5.75 Å². The van der Waals surface area contributed by atoms with E-state index >= 15 is 0 Å². The Hall–Kier alpha value is -1.15. The van der Waals surface area contributed by atoms with E-state index < -0.39 is 0 Å². The van der Waals surface area contributed by atoms with Crippen LogP contribution in [0.25, 0.3) is 0 Å². The third-order valence-corrected chi connectivity index (χ3v) is 4.11. The maximum atomic E-state index is 12.0. The lowest BCUT2D eigenvalue weighted by Crippen LogP contribution is -2.41. The van der Waals surface area contributed by atoms with Gasteiger partial charge in [0.05, 0.1) is 22.5 Å². The molecule has 1 saturated heterocycles. The number of ether oxygens (including phenoxy) is 1. The van der Waals surface area contributed by atoms with E-state index in [4.69, 9.17) is 10.6 Å². The molecule has 0 radical (unpaired) electrons. The van der Waals surface area contributed by atoms with E-state index in [9.17, 15) is 4.79 Å². The number of carbonyl (C=O) groups excluding carboxylic acids is 1. The van der Waals surface area contributed by atoms with Crippen molar-refractivity contribution in [2.24, 2.45) is 11.8 Å². The Labute approximate surface area is 132 Å². The van der Waals surface area contributed by atoms with Crippen molar-refractivity contribution in [1.29, 1.82) is 0 Å². The van der Waals surface area contributed by atoms with Crippen LogP contribution in [0, 0.1) is 5.92 Å². The van der Waals surface area contributed by atoms with Crippen LogP contribution in [-0.4, -0.2) is 18.1 Å². The molecule has 5 N–H and O–H groups in total. The fraction of sp³-hybridized carbons (Fsp3) is 0.500. The molecule has 1 amide bonds. The predicted molar refractivity (Wildman–Crippen MR) is 84.2 cm³/mol. The molecule has 1 aliphatic heterocycles. The SMILES string of the molecule is CC(C)Oc1ccc(C2NNC(C)C2C(=O)NN)cc1Br. The van der Waals surface area contributed by atoms with Gasteiger partial charge in [-0.1, -0.05) is 6.07 Å². The summed E-state index contributed by atoms with van der Waals surface area (Å²) in [6, 6.07) is 5.67. The smallest absolute Gasteiger partial charge is 0.240 e. The second-order valence-electron chi connectivity index (χ2n) is 5.45. The number of hydrogen-bond donors (Lipinski definition) is 4. The van der Waals surface area contributed by atoms with Crippen LogP contribution in [0.15, 0.2) is 22.7 Å². The zero-order chi connectivity index (χ0) is 15.6. The fourth-order valence-electron chi connectivity index (χ4n) is 2.51.